The highest BCUT2D eigenvalue weighted by Crippen LogP contribution is 2.26. The third-order valence-electron chi connectivity index (χ3n) is 11.1. The number of amides is 1. The molecule has 0 aliphatic heterocycles. The van der Waals surface area contributed by atoms with Gasteiger partial charge in [0.15, 0.2) is 6.10 Å². The summed E-state index contributed by atoms with van der Waals surface area (Å²) in [5, 5.41) is 11.5. The van der Waals surface area contributed by atoms with E-state index >= 15 is 0 Å². The predicted octanol–water partition coefficient (Wildman–Crippen LogP) is 9.97. The number of carbonyl (C=O) groups is 8. The van der Waals surface area contributed by atoms with Crippen LogP contribution in [0.5, 0.6) is 0 Å². The third kappa shape index (κ3) is 36.5. The summed E-state index contributed by atoms with van der Waals surface area (Å²) in [4.78, 5) is 100. The highest BCUT2D eigenvalue weighted by Gasteiger charge is 2.40. The second-order valence-electron chi connectivity index (χ2n) is 18.3. The van der Waals surface area contributed by atoms with Crippen LogP contribution in [0.3, 0.4) is 0 Å². The first kappa shape index (κ1) is 62.8. The van der Waals surface area contributed by atoms with Crippen LogP contribution in [0, 0.1) is 5.41 Å². The minimum atomic E-state index is -1.50. The van der Waals surface area contributed by atoms with E-state index in [2.05, 4.69) is 33.0 Å². The van der Waals surface area contributed by atoms with Crippen LogP contribution in [0.1, 0.15) is 228 Å². The molecule has 0 bridgehead atoms. The van der Waals surface area contributed by atoms with Gasteiger partial charge in [-0.05, 0) is 51.4 Å². The number of unbranched alkanes of at least 4 members (excludes halogenated alkanes) is 14. The first-order valence-corrected chi connectivity index (χ1v) is 25.6. The van der Waals surface area contributed by atoms with Crippen molar-refractivity contribution < 1.29 is 71.9 Å². The quantitative estimate of drug-likeness (QED) is 0.0329. The molecule has 0 aliphatic carbocycles. The van der Waals surface area contributed by atoms with Crippen molar-refractivity contribution >= 4 is 47.7 Å². The van der Waals surface area contributed by atoms with Crippen molar-refractivity contribution in [2.75, 3.05) is 26.4 Å². The van der Waals surface area contributed by atoms with Crippen LogP contribution in [-0.2, 0) is 66.8 Å². The summed E-state index contributed by atoms with van der Waals surface area (Å²) >= 11 is 0. The van der Waals surface area contributed by atoms with Gasteiger partial charge < -0.3 is 38.8 Å². The average molecular weight is 956 g/mol. The van der Waals surface area contributed by atoms with E-state index in [-0.39, 0.29) is 83.2 Å². The Morgan fingerprint density at radius 1 is 0.433 bits per heavy atom. The van der Waals surface area contributed by atoms with Gasteiger partial charge in [0.1, 0.15) is 32.0 Å². The number of esters is 6. The Morgan fingerprint density at radius 3 is 1.21 bits per heavy atom. The van der Waals surface area contributed by atoms with Gasteiger partial charge in [0.05, 0.1) is 6.42 Å². The average Bonchev–Trinajstić information content (AvgIpc) is 3.28. The molecule has 0 aromatic rings. The molecule has 0 rings (SSSR count). The maximum absolute atomic E-state index is 13.2. The molecular formula is C51H89NO15. The lowest BCUT2D eigenvalue weighted by atomic mass is 9.86. The molecule has 16 nitrogen and oxygen atoms in total. The van der Waals surface area contributed by atoms with Crippen LogP contribution in [0.2, 0.25) is 0 Å². The molecule has 3 atom stereocenters. The second kappa shape index (κ2) is 40.8. The maximum Gasteiger partial charge on any atom is 0.306 e. The van der Waals surface area contributed by atoms with E-state index in [4.69, 9.17) is 33.5 Å². The van der Waals surface area contributed by atoms with Crippen LogP contribution in [-0.4, -0.2) is 97.5 Å². The Bertz CT molecular complexity index is 1400. The standard InChI is InChI=1S/C51H89NO15/c1-7-11-15-19-23-29-46(58)65-40(27-21-17-13-9-3)37-62-43(55)31-25-33-45(57)64-39-51(5,6)49(50(61)52-36-35-42(53)54)67-48(60)34-26-32-44(56)63-38-41(28-22-18-14-10-4)66-47(59)30-24-20-16-12-8-2/h40-41,49H,7-39H2,1-6H3,(H,52,61)(H,53,54)/t40?,41?,49-/m0/s1. The number of nitrogens with one attached hydrogen (secondary N) is 1. The lowest BCUT2D eigenvalue weighted by molar-refractivity contribution is -0.169. The first-order valence-electron chi connectivity index (χ1n) is 25.6. The lowest BCUT2D eigenvalue weighted by Crippen LogP contribution is -2.49. The molecule has 16 heteroatoms. The van der Waals surface area contributed by atoms with E-state index in [0.29, 0.717) is 25.7 Å². The van der Waals surface area contributed by atoms with Crippen molar-refractivity contribution in [2.45, 2.75) is 246 Å². The summed E-state index contributed by atoms with van der Waals surface area (Å²) in [6.45, 7) is 10.8. The van der Waals surface area contributed by atoms with Gasteiger partial charge in [-0.25, -0.2) is 0 Å². The Kier molecular flexibility index (Phi) is 38.2. The maximum atomic E-state index is 13.2. The van der Waals surface area contributed by atoms with Gasteiger partial charge in [-0.15, -0.1) is 0 Å². The molecule has 0 saturated carbocycles. The van der Waals surface area contributed by atoms with Crippen molar-refractivity contribution in [1.82, 2.24) is 5.32 Å². The van der Waals surface area contributed by atoms with Crippen LogP contribution in [0.15, 0.2) is 0 Å². The van der Waals surface area contributed by atoms with Crippen molar-refractivity contribution in [3.8, 4) is 0 Å². The van der Waals surface area contributed by atoms with Gasteiger partial charge in [-0.2, -0.15) is 0 Å². The van der Waals surface area contributed by atoms with Crippen LogP contribution in [0.25, 0.3) is 0 Å². The molecule has 2 N–H and O–H groups in total. The summed E-state index contributed by atoms with van der Waals surface area (Å²) in [5.74, 6) is -5.17. The molecule has 0 saturated heterocycles. The van der Waals surface area contributed by atoms with Crippen molar-refractivity contribution in [3.63, 3.8) is 0 Å². The van der Waals surface area contributed by atoms with Gasteiger partial charge in [0, 0.05) is 50.5 Å². The summed E-state index contributed by atoms with van der Waals surface area (Å²) in [5.41, 5.74) is -1.28. The topological polar surface area (TPSA) is 224 Å². The normalized spacial score (nSPS) is 12.6. The Labute approximate surface area is 401 Å². The highest BCUT2D eigenvalue weighted by molar-refractivity contribution is 5.85. The van der Waals surface area contributed by atoms with E-state index in [1.54, 1.807) is 13.8 Å². The molecule has 388 valence electrons. The molecule has 0 spiro atoms. The molecular weight excluding hydrogens is 867 g/mol. The van der Waals surface area contributed by atoms with Crippen molar-refractivity contribution in [2.24, 2.45) is 5.41 Å². The molecule has 0 aromatic heterocycles. The number of rotatable bonds is 44. The molecule has 0 aliphatic rings. The Morgan fingerprint density at radius 2 is 0.791 bits per heavy atom. The number of carbonyl (C=O) groups excluding carboxylic acids is 7. The zero-order chi connectivity index (χ0) is 50.1. The predicted molar refractivity (Wildman–Crippen MR) is 254 cm³/mol. The summed E-state index contributed by atoms with van der Waals surface area (Å²) in [6, 6.07) is 0. The third-order valence-corrected chi connectivity index (χ3v) is 11.1. The van der Waals surface area contributed by atoms with E-state index in [0.717, 1.165) is 116 Å². The number of aliphatic carboxylic acids is 1. The summed E-state index contributed by atoms with van der Waals surface area (Å²) in [6.07, 6.45) is 16.1. The van der Waals surface area contributed by atoms with E-state index in [1.807, 2.05) is 0 Å². The molecule has 0 fully saturated rings. The van der Waals surface area contributed by atoms with Gasteiger partial charge in [0.2, 0.25) is 0 Å². The molecule has 0 heterocycles. The fourth-order valence-electron chi connectivity index (χ4n) is 7.01. The van der Waals surface area contributed by atoms with Crippen LogP contribution in [0.4, 0.5) is 0 Å². The van der Waals surface area contributed by atoms with Gasteiger partial charge in [-0.1, -0.05) is 131 Å². The lowest BCUT2D eigenvalue weighted by Gasteiger charge is -2.32. The molecule has 0 radical (unpaired) electrons. The fraction of sp³-hybridized carbons (Fsp3) is 0.843. The SMILES string of the molecule is CCCCCCCC(=O)OC(CCCCCC)COC(=O)CCCC(=O)OCC(C)(C)[C@@H](OC(=O)CCCC(=O)OCC(CCCCCC)OC(=O)CCCCCCC)C(=O)NCCC(=O)O. The fourth-order valence-corrected chi connectivity index (χ4v) is 7.01. The van der Waals surface area contributed by atoms with Gasteiger partial charge in [0.25, 0.3) is 5.91 Å². The molecule has 2 unspecified atom stereocenters. The smallest absolute Gasteiger partial charge is 0.306 e. The number of carboxylic acid groups (broad SMARTS) is 1. The minimum absolute atomic E-state index is 0.0333. The largest absolute Gasteiger partial charge is 0.481 e. The molecule has 1 amide bonds. The second-order valence-corrected chi connectivity index (χ2v) is 18.3. The Balaban J connectivity index is 5.18. The zero-order valence-corrected chi connectivity index (χ0v) is 42.2. The van der Waals surface area contributed by atoms with Crippen molar-refractivity contribution in [3.05, 3.63) is 0 Å². The highest BCUT2D eigenvalue weighted by atomic mass is 16.6. The molecule has 0 aromatic carbocycles. The van der Waals surface area contributed by atoms with E-state index in [1.165, 1.54) is 0 Å². The van der Waals surface area contributed by atoms with Crippen LogP contribution >= 0.6 is 0 Å². The minimum Gasteiger partial charge on any atom is -0.481 e. The number of ether oxygens (including phenoxy) is 6. The number of carboxylic acids is 1. The Hall–Kier alpha value is -4.24. The number of hydrogen-bond donors (Lipinski definition) is 2. The zero-order valence-electron chi connectivity index (χ0n) is 42.2. The number of hydrogen-bond acceptors (Lipinski definition) is 14. The molecule has 67 heavy (non-hydrogen) atoms. The van der Waals surface area contributed by atoms with E-state index < -0.39 is 59.5 Å². The summed E-state index contributed by atoms with van der Waals surface area (Å²) in [7, 11) is 0. The first-order chi connectivity index (χ1) is 32.1. The van der Waals surface area contributed by atoms with Gasteiger partial charge >= 0.3 is 41.8 Å². The monoisotopic (exact) mass is 956 g/mol. The van der Waals surface area contributed by atoms with Crippen molar-refractivity contribution in [1.29, 1.82) is 0 Å². The van der Waals surface area contributed by atoms with Gasteiger partial charge in [-0.3, -0.25) is 38.4 Å². The summed E-state index contributed by atoms with van der Waals surface area (Å²) < 4.78 is 33.2. The van der Waals surface area contributed by atoms with Crippen LogP contribution < -0.4 is 5.32 Å². The van der Waals surface area contributed by atoms with E-state index in [9.17, 15) is 38.4 Å².